The van der Waals surface area contributed by atoms with E-state index in [9.17, 15) is 9.59 Å². The highest BCUT2D eigenvalue weighted by Gasteiger charge is 2.17. The predicted molar refractivity (Wildman–Crippen MR) is 142 cm³/mol. The van der Waals surface area contributed by atoms with Crippen molar-refractivity contribution in [2.45, 2.75) is 26.2 Å². The van der Waals surface area contributed by atoms with Crippen LogP contribution in [0.4, 0.5) is 0 Å². The monoisotopic (exact) mass is 494 g/mol. The van der Waals surface area contributed by atoms with Crippen molar-refractivity contribution in [3.05, 3.63) is 109 Å². The Balaban J connectivity index is 1.54. The van der Waals surface area contributed by atoms with Crippen molar-refractivity contribution in [1.29, 1.82) is 0 Å². The molecule has 0 aliphatic heterocycles. The van der Waals surface area contributed by atoms with Crippen molar-refractivity contribution >= 4 is 39.1 Å². The van der Waals surface area contributed by atoms with Gasteiger partial charge in [-0.3, -0.25) is 14.0 Å². The third-order valence-corrected chi connectivity index (χ3v) is 7.06. The smallest absolute Gasteiger partial charge is 0.274 e. The first-order valence-electron chi connectivity index (χ1n) is 11.5. The molecular weight excluding hydrogens is 472 g/mol. The van der Waals surface area contributed by atoms with Gasteiger partial charge in [-0.15, -0.1) is 0 Å². The van der Waals surface area contributed by atoms with Crippen molar-refractivity contribution < 1.29 is 4.74 Å². The highest BCUT2D eigenvalue weighted by Crippen LogP contribution is 2.27. The SMILES string of the molecule is CC(C)(C)c1ccc(Oc2nc3ccccn3c(=O)c2C=c2sc3nc4ccccc4n3c2=O)cc1. The first-order chi connectivity index (χ1) is 17.3. The van der Waals surface area contributed by atoms with Crippen LogP contribution in [0.25, 0.3) is 27.7 Å². The molecule has 0 bridgehead atoms. The minimum absolute atomic E-state index is 0.00291. The van der Waals surface area contributed by atoms with Crippen LogP contribution in [0.15, 0.2) is 82.5 Å². The van der Waals surface area contributed by atoms with Crippen LogP contribution in [0.2, 0.25) is 0 Å². The molecule has 178 valence electrons. The number of pyridine rings is 1. The molecule has 0 spiro atoms. The number of aromatic nitrogens is 4. The van der Waals surface area contributed by atoms with Crippen LogP contribution in [0, 0.1) is 0 Å². The van der Waals surface area contributed by atoms with E-state index in [4.69, 9.17) is 4.74 Å². The molecule has 7 nitrogen and oxygen atoms in total. The highest BCUT2D eigenvalue weighted by molar-refractivity contribution is 7.15. The highest BCUT2D eigenvalue weighted by atomic mass is 32.1. The summed E-state index contributed by atoms with van der Waals surface area (Å²) in [6.07, 6.45) is 3.21. The average Bonchev–Trinajstić information content (AvgIpc) is 3.37. The topological polar surface area (TPSA) is 78.0 Å². The summed E-state index contributed by atoms with van der Waals surface area (Å²) < 4.78 is 9.53. The number of hydrogen-bond donors (Lipinski definition) is 0. The van der Waals surface area contributed by atoms with Crippen molar-refractivity contribution in [2.75, 3.05) is 0 Å². The maximum absolute atomic E-state index is 13.5. The Morgan fingerprint density at radius 3 is 2.42 bits per heavy atom. The van der Waals surface area contributed by atoms with Gasteiger partial charge in [-0.05, 0) is 53.5 Å². The fourth-order valence-corrected chi connectivity index (χ4v) is 5.13. The lowest BCUT2D eigenvalue weighted by Crippen LogP contribution is -2.25. The van der Waals surface area contributed by atoms with Crippen molar-refractivity contribution in [3.8, 4) is 11.6 Å². The molecule has 4 aromatic heterocycles. The number of para-hydroxylation sites is 2. The zero-order valence-electron chi connectivity index (χ0n) is 19.9. The molecule has 0 aliphatic rings. The Morgan fingerprint density at radius 1 is 0.889 bits per heavy atom. The van der Waals surface area contributed by atoms with Gasteiger partial charge < -0.3 is 4.74 Å². The van der Waals surface area contributed by atoms with E-state index in [0.717, 1.165) is 11.0 Å². The van der Waals surface area contributed by atoms with Crippen molar-refractivity contribution in [1.82, 2.24) is 18.8 Å². The van der Waals surface area contributed by atoms with Gasteiger partial charge in [-0.25, -0.2) is 9.38 Å². The maximum Gasteiger partial charge on any atom is 0.274 e. The van der Waals surface area contributed by atoms with Crippen LogP contribution in [-0.2, 0) is 5.41 Å². The molecule has 0 atom stereocenters. The van der Waals surface area contributed by atoms with Gasteiger partial charge in [0, 0.05) is 6.20 Å². The molecule has 0 saturated carbocycles. The third kappa shape index (κ3) is 3.67. The Morgan fingerprint density at radius 2 is 1.64 bits per heavy atom. The van der Waals surface area contributed by atoms with E-state index in [1.54, 1.807) is 28.8 Å². The molecule has 0 saturated heterocycles. The van der Waals surface area contributed by atoms with Crippen LogP contribution < -0.4 is 20.4 Å². The first kappa shape index (κ1) is 22.2. The number of hydrogen-bond acceptors (Lipinski definition) is 6. The van der Waals surface area contributed by atoms with Crippen LogP contribution in [0.5, 0.6) is 11.6 Å². The van der Waals surface area contributed by atoms with E-state index >= 15 is 0 Å². The second kappa shape index (κ2) is 8.13. The second-order valence-electron chi connectivity index (χ2n) is 9.58. The van der Waals surface area contributed by atoms with E-state index in [1.165, 1.54) is 21.3 Å². The van der Waals surface area contributed by atoms with Gasteiger partial charge in [0.15, 0.2) is 4.96 Å². The minimum atomic E-state index is -0.322. The lowest BCUT2D eigenvalue weighted by atomic mass is 9.87. The summed E-state index contributed by atoms with van der Waals surface area (Å²) in [6.45, 7) is 6.43. The number of rotatable bonds is 3. The minimum Gasteiger partial charge on any atom is -0.438 e. The Bertz CT molecular complexity index is 1940. The number of thiazole rings is 1. The zero-order chi connectivity index (χ0) is 25.0. The summed E-state index contributed by atoms with van der Waals surface area (Å²) in [7, 11) is 0. The van der Waals surface area contributed by atoms with Gasteiger partial charge >= 0.3 is 0 Å². The zero-order valence-corrected chi connectivity index (χ0v) is 20.7. The van der Waals surface area contributed by atoms with Gasteiger partial charge in [-0.2, -0.15) is 4.98 Å². The molecule has 6 rings (SSSR count). The molecule has 4 heterocycles. The Labute approximate surface area is 209 Å². The second-order valence-corrected chi connectivity index (χ2v) is 10.6. The van der Waals surface area contributed by atoms with Crippen LogP contribution >= 0.6 is 11.3 Å². The Kier molecular flexibility index (Phi) is 5.01. The van der Waals surface area contributed by atoms with E-state index in [1.807, 2.05) is 54.6 Å². The van der Waals surface area contributed by atoms with E-state index < -0.39 is 0 Å². The van der Waals surface area contributed by atoms with Crippen LogP contribution in [-0.4, -0.2) is 18.8 Å². The van der Waals surface area contributed by atoms with Gasteiger partial charge in [0.25, 0.3) is 11.1 Å². The largest absolute Gasteiger partial charge is 0.438 e. The molecule has 36 heavy (non-hydrogen) atoms. The fraction of sp³-hybridized carbons (Fsp3) is 0.143. The van der Waals surface area contributed by atoms with Gasteiger partial charge in [0.1, 0.15) is 17.0 Å². The lowest BCUT2D eigenvalue weighted by molar-refractivity contribution is 0.460. The maximum atomic E-state index is 13.5. The lowest BCUT2D eigenvalue weighted by Gasteiger charge is -2.19. The van der Waals surface area contributed by atoms with Crippen molar-refractivity contribution in [3.63, 3.8) is 0 Å². The van der Waals surface area contributed by atoms with Crippen LogP contribution in [0.3, 0.4) is 0 Å². The molecule has 6 aromatic rings. The van der Waals surface area contributed by atoms with E-state index in [0.29, 0.717) is 20.9 Å². The van der Waals surface area contributed by atoms with E-state index in [2.05, 4.69) is 30.7 Å². The molecule has 8 heteroatoms. The molecule has 0 unspecified atom stereocenters. The standard InChI is InChI=1S/C28H22N4O3S/c1-28(2,3)17-11-13-18(14-12-17)35-24-19(25(33)31-15-7-6-10-23(31)30-24)16-22-26(34)32-21-9-5-4-8-20(21)29-27(32)36-22/h4-16H,1-3H3. The van der Waals surface area contributed by atoms with Crippen LogP contribution in [0.1, 0.15) is 31.9 Å². The molecule has 0 radical (unpaired) electrons. The summed E-state index contributed by atoms with van der Waals surface area (Å²) in [5.41, 5.74) is 2.75. The van der Waals surface area contributed by atoms with Crippen molar-refractivity contribution in [2.24, 2.45) is 0 Å². The number of ether oxygens (including phenoxy) is 1. The molecule has 0 fully saturated rings. The number of fused-ring (bicyclic) bond motifs is 4. The molecular formula is C28H22N4O3S. The number of benzene rings is 2. The van der Waals surface area contributed by atoms with Gasteiger partial charge in [0.2, 0.25) is 5.88 Å². The van der Waals surface area contributed by atoms with Gasteiger partial charge in [0.05, 0.1) is 15.6 Å². The molecule has 0 amide bonds. The number of imidazole rings is 1. The first-order valence-corrected chi connectivity index (χ1v) is 12.3. The molecule has 0 N–H and O–H groups in total. The van der Waals surface area contributed by atoms with E-state index in [-0.39, 0.29) is 28.0 Å². The number of nitrogens with zero attached hydrogens (tertiary/aromatic N) is 4. The quantitative estimate of drug-likeness (QED) is 0.361. The molecule has 0 aliphatic carbocycles. The normalized spacial score (nSPS) is 12.7. The summed E-state index contributed by atoms with van der Waals surface area (Å²) in [5.74, 6) is 0.698. The van der Waals surface area contributed by atoms with Gasteiger partial charge in [-0.1, -0.05) is 62.4 Å². The fourth-order valence-electron chi connectivity index (χ4n) is 4.16. The average molecular weight is 495 g/mol. The summed E-state index contributed by atoms with van der Waals surface area (Å²) in [6, 6.07) is 20.5. The Hall–Kier alpha value is -4.30. The summed E-state index contributed by atoms with van der Waals surface area (Å²) in [4.78, 5) is 36.6. The summed E-state index contributed by atoms with van der Waals surface area (Å²) >= 11 is 1.23. The third-order valence-electron chi connectivity index (χ3n) is 6.09. The molecule has 2 aromatic carbocycles. The predicted octanol–water partition coefficient (Wildman–Crippen LogP) is 4.55. The summed E-state index contributed by atoms with van der Waals surface area (Å²) in [5, 5.41) is 0.